The highest BCUT2D eigenvalue weighted by Crippen LogP contribution is 2.29. The van der Waals surface area contributed by atoms with Crippen LogP contribution >= 0.6 is 15.9 Å². The summed E-state index contributed by atoms with van der Waals surface area (Å²) in [5.74, 6) is -0.994. The van der Waals surface area contributed by atoms with Crippen LogP contribution in [-0.4, -0.2) is 5.91 Å². The Hall–Kier alpha value is -1.68. The minimum Gasteiger partial charge on any atom is -0.322 e. The summed E-state index contributed by atoms with van der Waals surface area (Å²) >= 11 is 3.18. The van der Waals surface area contributed by atoms with Gasteiger partial charge in [-0.05, 0) is 35.2 Å². The standard InChI is InChI=1S/C17H17BrFNO/c1-17(2,3)13-6-4-5-7-15(13)20-16(21)12-9-8-11(18)10-14(12)19/h4-10H,1-3H3,(H,20,21). The van der Waals surface area contributed by atoms with Crippen LogP contribution in [-0.2, 0) is 5.41 Å². The van der Waals surface area contributed by atoms with Gasteiger partial charge in [-0.3, -0.25) is 4.79 Å². The second kappa shape index (κ2) is 5.98. The van der Waals surface area contributed by atoms with Gasteiger partial charge < -0.3 is 5.32 Å². The maximum atomic E-state index is 13.8. The van der Waals surface area contributed by atoms with Gasteiger partial charge in [0.1, 0.15) is 5.82 Å². The normalized spacial score (nSPS) is 11.3. The van der Waals surface area contributed by atoms with E-state index >= 15 is 0 Å². The molecule has 0 bridgehead atoms. The maximum Gasteiger partial charge on any atom is 0.258 e. The Kier molecular flexibility index (Phi) is 4.47. The first-order valence-electron chi connectivity index (χ1n) is 6.65. The minimum atomic E-state index is -0.546. The number of benzene rings is 2. The molecule has 2 aromatic rings. The number of anilines is 1. The third kappa shape index (κ3) is 3.70. The van der Waals surface area contributed by atoms with Crippen molar-refractivity contribution >= 4 is 27.5 Å². The van der Waals surface area contributed by atoms with E-state index in [-0.39, 0.29) is 11.0 Å². The van der Waals surface area contributed by atoms with E-state index in [0.717, 1.165) is 5.56 Å². The van der Waals surface area contributed by atoms with Crippen molar-refractivity contribution in [1.82, 2.24) is 0 Å². The molecule has 2 rings (SSSR count). The summed E-state index contributed by atoms with van der Waals surface area (Å²) in [6, 6.07) is 12.0. The fourth-order valence-corrected chi connectivity index (χ4v) is 2.44. The summed E-state index contributed by atoms with van der Waals surface area (Å²) in [5.41, 5.74) is 1.64. The number of hydrogen-bond donors (Lipinski definition) is 1. The van der Waals surface area contributed by atoms with Gasteiger partial charge in [0.15, 0.2) is 0 Å². The summed E-state index contributed by atoms with van der Waals surface area (Å²) in [6.45, 7) is 6.20. The third-order valence-electron chi connectivity index (χ3n) is 3.16. The van der Waals surface area contributed by atoms with Gasteiger partial charge in [-0.25, -0.2) is 4.39 Å². The van der Waals surface area contributed by atoms with Gasteiger partial charge >= 0.3 is 0 Å². The molecule has 0 saturated heterocycles. The first-order chi connectivity index (χ1) is 9.79. The molecule has 2 nitrogen and oxygen atoms in total. The van der Waals surface area contributed by atoms with Gasteiger partial charge in [0.25, 0.3) is 5.91 Å². The molecular weight excluding hydrogens is 333 g/mol. The zero-order valence-electron chi connectivity index (χ0n) is 12.2. The van der Waals surface area contributed by atoms with Crippen LogP contribution in [0.25, 0.3) is 0 Å². The van der Waals surface area contributed by atoms with Crippen LogP contribution < -0.4 is 5.32 Å². The van der Waals surface area contributed by atoms with E-state index in [2.05, 4.69) is 42.0 Å². The van der Waals surface area contributed by atoms with E-state index in [1.54, 1.807) is 6.07 Å². The van der Waals surface area contributed by atoms with Crippen molar-refractivity contribution in [1.29, 1.82) is 0 Å². The quantitative estimate of drug-likeness (QED) is 0.799. The fourth-order valence-electron chi connectivity index (χ4n) is 2.11. The van der Waals surface area contributed by atoms with Crippen molar-refractivity contribution in [3.8, 4) is 0 Å². The van der Waals surface area contributed by atoms with Gasteiger partial charge in [0, 0.05) is 10.2 Å². The summed E-state index contributed by atoms with van der Waals surface area (Å²) in [4.78, 5) is 12.3. The van der Waals surface area contributed by atoms with E-state index < -0.39 is 11.7 Å². The summed E-state index contributed by atoms with van der Waals surface area (Å²) in [5, 5.41) is 2.80. The van der Waals surface area contributed by atoms with Gasteiger partial charge in [-0.1, -0.05) is 54.9 Å². The second-order valence-corrected chi connectivity index (χ2v) is 6.79. The smallest absolute Gasteiger partial charge is 0.258 e. The van der Waals surface area contributed by atoms with Crippen LogP contribution in [0.5, 0.6) is 0 Å². The number of hydrogen-bond acceptors (Lipinski definition) is 1. The topological polar surface area (TPSA) is 29.1 Å². The minimum absolute atomic E-state index is 0.0295. The van der Waals surface area contributed by atoms with Crippen molar-refractivity contribution < 1.29 is 9.18 Å². The number of carbonyl (C=O) groups is 1. The number of nitrogens with one attached hydrogen (secondary N) is 1. The predicted molar refractivity (Wildman–Crippen MR) is 87.2 cm³/mol. The Morgan fingerprint density at radius 1 is 1.14 bits per heavy atom. The molecule has 0 unspecified atom stereocenters. The molecule has 0 spiro atoms. The molecule has 0 aliphatic carbocycles. The molecular formula is C17H17BrFNO. The SMILES string of the molecule is CC(C)(C)c1ccccc1NC(=O)c1ccc(Br)cc1F. The van der Waals surface area contributed by atoms with Gasteiger partial charge in [0.05, 0.1) is 5.56 Å². The van der Waals surface area contributed by atoms with Gasteiger partial charge in [-0.2, -0.15) is 0 Å². The summed E-state index contributed by atoms with van der Waals surface area (Å²) in [7, 11) is 0. The highest BCUT2D eigenvalue weighted by molar-refractivity contribution is 9.10. The molecule has 0 saturated carbocycles. The lowest BCUT2D eigenvalue weighted by atomic mass is 9.86. The van der Waals surface area contributed by atoms with E-state index in [1.807, 2.05) is 24.3 Å². The number of halogens is 2. The average Bonchev–Trinajstić information content (AvgIpc) is 2.37. The molecule has 0 radical (unpaired) electrons. The fraction of sp³-hybridized carbons (Fsp3) is 0.235. The molecule has 0 fully saturated rings. The van der Waals surface area contributed by atoms with Gasteiger partial charge in [-0.15, -0.1) is 0 Å². The molecule has 21 heavy (non-hydrogen) atoms. The van der Waals surface area contributed by atoms with Crippen molar-refractivity contribution in [3.05, 3.63) is 63.9 Å². The Morgan fingerprint density at radius 3 is 2.43 bits per heavy atom. The van der Waals surface area contributed by atoms with Crippen molar-refractivity contribution in [2.75, 3.05) is 5.32 Å². The van der Waals surface area contributed by atoms with Crippen molar-refractivity contribution in [2.45, 2.75) is 26.2 Å². The molecule has 2 aromatic carbocycles. The summed E-state index contributed by atoms with van der Waals surface area (Å²) < 4.78 is 14.5. The zero-order valence-corrected chi connectivity index (χ0v) is 13.8. The average molecular weight is 350 g/mol. The Labute approximate surface area is 132 Å². The van der Waals surface area contributed by atoms with Crippen LogP contribution in [0, 0.1) is 5.82 Å². The molecule has 0 aliphatic rings. The van der Waals surface area contributed by atoms with Crippen LogP contribution in [0.1, 0.15) is 36.7 Å². The number of para-hydroxylation sites is 1. The molecule has 110 valence electrons. The lowest BCUT2D eigenvalue weighted by Gasteiger charge is -2.23. The predicted octanol–water partition coefficient (Wildman–Crippen LogP) is 5.14. The van der Waals surface area contributed by atoms with Crippen LogP contribution in [0.3, 0.4) is 0 Å². The number of amides is 1. The van der Waals surface area contributed by atoms with Gasteiger partial charge in [0.2, 0.25) is 0 Å². The molecule has 1 amide bonds. The second-order valence-electron chi connectivity index (χ2n) is 5.87. The van der Waals surface area contributed by atoms with E-state index in [1.165, 1.54) is 12.1 Å². The van der Waals surface area contributed by atoms with Crippen molar-refractivity contribution in [2.24, 2.45) is 0 Å². The number of rotatable bonds is 2. The van der Waals surface area contributed by atoms with E-state index in [4.69, 9.17) is 0 Å². The number of carbonyl (C=O) groups excluding carboxylic acids is 1. The van der Waals surface area contributed by atoms with Crippen LogP contribution in [0.4, 0.5) is 10.1 Å². The van der Waals surface area contributed by atoms with E-state index in [9.17, 15) is 9.18 Å². The Bertz CT molecular complexity index is 677. The monoisotopic (exact) mass is 349 g/mol. The maximum absolute atomic E-state index is 13.8. The Morgan fingerprint density at radius 2 is 1.81 bits per heavy atom. The molecule has 0 aromatic heterocycles. The van der Waals surface area contributed by atoms with Crippen LogP contribution in [0.2, 0.25) is 0 Å². The third-order valence-corrected chi connectivity index (χ3v) is 3.65. The Balaban J connectivity index is 2.32. The largest absolute Gasteiger partial charge is 0.322 e. The highest BCUT2D eigenvalue weighted by Gasteiger charge is 2.20. The van der Waals surface area contributed by atoms with Crippen LogP contribution in [0.15, 0.2) is 46.9 Å². The molecule has 4 heteroatoms. The van der Waals surface area contributed by atoms with E-state index in [0.29, 0.717) is 10.2 Å². The lowest BCUT2D eigenvalue weighted by molar-refractivity contribution is 0.102. The molecule has 0 atom stereocenters. The molecule has 0 heterocycles. The molecule has 0 aliphatic heterocycles. The first kappa shape index (κ1) is 15.7. The summed E-state index contributed by atoms with van der Waals surface area (Å²) in [6.07, 6.45) is 0. The van der Waals surface area contributed by atoms with Crippen molar-refractivity contribution in [3.63, 3.8) is 0 Å². The highest BCUT2D eigenvalue weighted by atomic mass is 79.9. The molecule has 1 N–H and O–H groups in total. The zero-order chi connectivity index (χ0) is 15.6. The lowest BCUT2D eigenvalue weighted by Crippen LogP contribution is -2.19. The first-order valence-corrected chi connectivity index (χ1v) is 7.44.